The van der Waals surface area contributed by atoms with Gasteiger partial charge in [0.1, 0.15) is 17.2 Å². The van der Waals surface area contributed by atoms with Crippen molar-refractivity contribution in [3.63, 3.8) is 0 Å². The van der Waals surface area contributed by atoms with Crippen molar-refractivity contribution >= 4 is 34.8 Å². The first-order valence-corrected chi connectivity index (χ1v) is 8.56. The van der Waals surface area contributed by atoms with Crippen molar-refractivity contribution in [2.24, 2.45) is 0 Å². The number of para-hydroxylation sites is 1. The summed E-state index contributed by atoms with van der Waals surface area (Å²) in [6.07, 6.45) is 0. The number of carbonyl (C=O) groups excluding carboxylic acids is 1. The van der Waals surface area contributed by atoms with Crippen LogP contribution < -0.4 is 14.8 Å². The zero-order chi connectivity index (χ0) is 18.4. The molecule has 0 unspecified atom stereocenters. The summed E-state index contributed by atoms with van der Waals surface area (Å²) in [5, 5.41) is 3.62. The Bertz CT molecular complexity index is 883. The largest absolute Gasteiger partial charge is 0.482 e. The molecule has 0 saturated carbocycles. The van der Waals surface area contributed by atoms with Gasteiger partial charge in [-0.2, -0.15) is 0 Å². The number of carbonyl (C=O) groups is 1. The second-order valence-corrected chi connectivity index (χ2v) is 6.19. The molecule has 132 valence electrons. The van der Waals surface area contributed by atoms with E-state index in [2.05, 4.69) is 5.32 Å². The molecular formula is C20H15Cl2NO3. The van der Waals surface area contributed by atoms with E-state index < -0.39 is 0 Å². The normalized spacial score (nSPS) is 10.2. The van der Waals surface area contributed by atoms with Gasteiger partial charge in [-0.15, -0.1) is 0 Å². The molecule has 6 heteroatoms. The van der Waals surface area contributed by atoms with Gasteiger partial charge in [0.05, 0.1) is 5.02 Å². The molecule has 0 saturated heterocycles. The van der Waals surface area contributed by atoms with Gasteiger partial charge in [0.25, 0.3) is 5.91 Å². The minimum absolute atomic E-state index is 0.178. The molecule has 0 aromatic heterocycles. The van der Waals surface area contributed by atoms with Crippen LogP contribution in [0.4, 0.5) is 5.69 Å². The van der Waals surface area contributed by atoms with E-state index in [0.717, 1.165) is 5.75 Å². The predicted octanol–water partition coefficient (Wildman–Crippen LogP) is 5.80. The molecule has 1 N–H and O–H groups in total. The fourth-order valence-corrected chi connectivity index (χ4v) is 2.49. The molecule has 0 radical (unpaired) electrons. The third kappa shape index (κ3) is 5.15. The molecule has 3 aromatic rings. The smallest absolute Gasteiger partial charge is 0.262 e. The lowest BCUT2D eigenvalue weighted by atomic mass is 10.3. The quantitative estimate of drug-likeness (QED) is 0.580. The summed E-state index contributed by atoms with van der Waals surface area (Å²) in [7, 11) is 0. The molecule has 0 heterocycles. The van der Waals surface area contributed by atoms with Gasteiger partial charge in [-0.1, -0.05) is 41.4 Å². The third-order valence-corrected chi connectivity index (χ3v) is 3.92. The number of anilines is 1. The lowest BCUT2D eigenvalue weighted by Crippen LogP contribution is -2.20. The monoisotopic (exact) mass is 387 g/mol. The van der Waals surface area contributed by atoms with Crippen LogP contribution in [0, 0.1) is 0 Å². The van der Waals surface area contributed by atoms with Crippen LogP contribution in [0.25, 0.3) is 0 Å². The van der Waals surface area contributed by atoms with Crippen LogP contribution in [0.5, 0.6) is 17.2 Å². The van der Waals surface area contributed by atoms with E-state index in [1.54, 1.807) is 42.5 Å². The van der Waals surface area contributed by atoms with Crippen molar-refractivity contribution < 1.29 is 14.3 Å². The van der Waals surface area contributed by atoms with Crippen LogP contribution in [0.2, 0.25) is 10.0 Å². The van der Waals surface area contributed by atoms with Crippen molar-refractivity contribution in [1.29, 1.82) is 0 Å². The Morgan fingerprint density at radius 1 is 0.885 bits per heavy atom. The first-order chi connectivity index (χ1) is 12.6. The van der Waals surface area contributed by atoms with E-state index >= 15 is 0 Å². The average Bonchev–Trinajstić information content (AvgIpc) is 2.65. The maximum Gasteiger partial charge on any atom is 0.262 e. The number of benzene rings is 3. The second-order valence-electron chi connectivity index (χ2n) is 5.35. The molecule has 3 aromatic carbocycles. The van der Waals surface area contributed by atoms with Crippen LogP contribution in [-0.2, 0) is 4.79 Å². The molecule has 3 rings (SSSR count). The summed E-state index contributed by atoms with van der Waals surface area (Å²) in [6.45, 7) is -0.178. The Morgan fingerprint density at radius 3 is 2.31 bits per heavy atom. The van der Waals surface area contributed by atoms with Crippen LogP contribution in [0.15, 0.2) is 72.8 Å². The topological polar surface area (TPSA) is 47.6 Å². The average molecular weight is 388 g/mol. The molecule has 0 fully saturated rings. The zero-order valence-corrected chi connectivity index (χ0v) is 15.1. The van der Waals surface area contributed by atoms with Crippen LogP contribution >= 0.6 is 23.2 Å². The molecule has 0 bridgehead atoms. The molecule has 0 spiro atoms. The highest BCUT2D eigenvalue weighted by molar-refractivity contribution is 6.34. The van der Waals surface area contributed by atoms with Crippen LogP contribution in [-0.4, -0.2) is 12.5 Å². The Hall–Kier alpha value is -2.69. The molecule has 0 aliphatic carbocycles. The molecule has 0 atom stereocenters. The number of hydrogen-bond donors (Lipinski definition) is 1. The first-order valence-electron chi connectivity index (χ1n) is 7.81. The summed E-state index contributed by atoms with van der Waals surface area (Å²) in [5.74, 6) is 1.48. The standard InChI is InChI=1S/C20H15Cl2NO3/c21-14-6-11-18(22)19(12-14)25-13-20(24)23-15-7-9-17(10-8-15)26-16-4-2-1-3-5-16/h1-12H,13H2,(H,23,24). The number of nitrogens with one attached hydrogen (secondary N) is 1. The fraction of sp³-hybridized carbons (Fsp3) is 0.0500. The zero-order valence-electron chi connectivity index (χ0n) is 13.6. The summed E-state index contributed by atoms with van der Waals surface area (Å²) >= 11 is 11.9. The Balaban J connectivity index is 1.53. The number of halogens is 2. The maximum absolute atomic E-state index is 12.0. The minimum Gasteiger partial charge on any atom is -0.482 e. The van der Waals surface area contributed by atoms with Crippen molar-refractivity contribution in [3.05, 3.63) is 82.8 Å². The molecule has 1 amide bonds. The van der Waals surface area contributed by atoms with Gasteiger partial charge in [-0.3, -0.25) is 4.79 Å². The van der Waals surface area contributed by atoms with Crippen LogP contribution in [0.1, 0.15) is 0 Å². The van der Waals surface area contributed by atoms with E-state index in [-0.39, 0.29) is 12.5 Å². The van der Waals surface area contributed by atoms with Gasteiger partial charge < -0.3 is 14.8 Å². The van der Waals surface area contributed by atoms with Crippen molar-refractivity contribution in [2.75, 3.05) is 11.9 Å². The van der Waals surface area contributed by atoms with E-state index in [0.29, 0.717) is 27.2 Å². The van der Waals surface area contributed by atoms with Crippen LogP contribution in [0.3, 0.4) is 0 Å². The van der Waals surface area contributed by atoms with E-state index in [9.17, 15) is 4.79 Å². The number of hydrogen-bond acceptors (Lipinski definition) is 3. The van der Waals surface area contributed by atoms with Gasteiger partial charge in [-0.25, -0.2) is 0 Å². The summed E-state index contributed by atoms with van der Waals surface area (Å²) in [6, 6.07) is 21.3. The minimum atomic E-state index is -0.308. The molecule has 0 aliphatic rings. The lowest BCUT2D eigenvalue weighted by Gasteiger charge is -2.10. The van der Waals surface area contributed by atoms with E-state index in [4.69, 9.17) is 32.7 Å². The predicted molar refractivity (Wildman–Crippen MR) is 104 cm³/mol. The summed E-state index contributed by atoms with van der Waals surface area (Å²) in [5.41, 5.74) is 0.635. The van der Waals surface area contributed by atoms with Gasteiger partial charge >= 0.3 is 0 Å². The van der Waals surface area contributed by atoms with Gasteiger partial charge in [0, 0.05) is 16.8 Å². The second kappa shape index (κ2) is 8.61. The van der Waals surface area contributed by atoms with Gasteiger partial charge in [0.2, 0.25) is 0 Å². The Morgan fingerprint density at radius 2 is 1.58 bits per heavy atom. The number of rotatable bonds is 6. The van der Waals surface area contributed by atoms with Crippen molar-refractivity contribution in [3.8, 4) is 17.2 Å². The van der Waals surface area contributed by atoms with Gasteiger partial charge in [-0.05, 0) is 48.5 Å². The summed E-state index contributed by atoms with van der Waals surface area (Å²) in [4.78, 5) is 12.0. The third-order valence-electron chi connectivity index (χ3n) is 3.37. The highest BCUT2D eigenvalue weighted by Crippen LogP contribution is 2.27. The molecule has 0 aliphatic heterocycles. The SMILES string of the molecule is O=C(COc1cc(Cl)ccc1Cl)Nc1ccc(Oc2ccccc2)cc1. The van der Waals surface area contributed by atoms with Crippen molar-refractivity contribution in [1.82, 2.24) is 0 Å². The summed E-state index contributed by atoms with van der Waals surface area (Å²) < 4.78 is 11.1. The van der Waals surface area contributed by atoms with Crippen molar-refractivity contribution in [2.45, 2.75) is 0 Å². The molecular weight excluding hydrogens is 373 g/mol. The fourth-order valence-electron chi connectivity index (χ4n) is 2.16. The van der Waals surface area contributed by atoms with E-state index in [1.807, 2.05) is 30.3 Å². The maximum atomic E-state index is 12.0. The molecule has 26 heavy (non-hydrogen) atoms. The first kappa shape index (κ1) is 18.1. The number of amides is 1. The number of ether oxygens (including phenoxy) is 2. The Kier molecular flexibility index (Phi) is 6.00. The van der Waals surface area contributed by atoms with Gasteiger partial charge in [0.15, 0.2) is 6.61 Å². The highest BCUT2D eigenvalue weighted by atomic mass is 35.5. The highest BCUT2D eigenvalue weighted by Gasteiger charge is 2.07. The molecule has 4 nitrogen and oxygen atoms in total. The lowest BCUT2D eigenvalue weighted by molar-refractivity contribution is -0.118. The van der Waals surface area contributed by atoms with E-state index in [1.165, 1.54) is 0 Å². The Labute approximate surface area is 161 Å².